The lowest BCUT2D eigenvalue weighted by molar-refractivity contribution is 0.112. The molecule has 0 atom stereocenters. The number of fused-ring (bicyclic) bond motifs is 1. The summed E-state index contributed by atoms with van der Waals surface area (Å²) in [6, 6.07) is 6.47. The molecule has 6 nitrogen and oxygen atoms in total. The van der Waals surface area contributed by atoms with Crippen LogP contribution in [0.25, 0.3) is 4.96 Å². The zero-order valence-electron chi connectivity index (χ0n) is 11.4. The number of aromatic nitrogens is 3. The first-order valence-electron chi connectivity index (χ1n) is 6.43. The van der Waals surface area contributed by atoms with Gasteiger partial charge in [-0.15, -0.1) is 5.10 Å². The van der Waals surface area contributed by atoms with Gasteiger partial charge in [-0.05, 0) is 36.0 Å². The second-order valence-electron chi connectivity index (χ2n) is 4.40. The van der Waals surface area contributed by atoms with E-state index >= 15 is 0 Å². The largest absolute Gasteiger partial charge is 0.430 e. The van der Waals surface area contributed by atoms with E-state index < -0.39 is 0 Å². The second kappa shape index (κ2) is 5.98. The normalized spacial score (nSPS) is 10.8. The minimum Gasteiger partial charge on any atom is -0.430 e. The topological polar surface area (TPSA) is 73.6 Å². The molecule has 8 heteroatoms. The number of benzene rings is 1. The van der Waals surface area contributed by atoms with Crippen molar-refractivity contribution in [3.8, 4) is 10.9 Å². The fourth-order valence-corrected chi connectivity index (χ4v) is 2.97. The zero-order chi connectivity index (χ0) is 15.7. The summed E-state index contributed by atoms with van der Waals surface area (Å²) in [5.41, 5.74) is 0.951. The Bertz CT molecular complexity index is 919. The van der Waals surface area contributed by atoms with Crippen molar-refractivity contribution in [3.63, 3.8) is 0 Å². The predicted molar refractivity (Wildman–Crippen MR) is 86.1 cm³/mol. The van der Waals surface area contributed by atoms with E-state index in [0.29, 0.717) is 32.9 Å². The lowest BCUT2D eigenvalue weighted by Gasteiger charge is -2.02. The van der Waals surface area contributed by atoms with Crippen LogP contribution in [-0.2, 0) is 6.42 Å². The number of carbonyl (C=O) groups is 1. The first-order chi connectivity index (χ1) is 10.6. The zero-order valence-corrected chi connectivity index (χ0v) is 13.8. The molecule has 0 unspecified atom stereocenters. The van der Waals surface area contributed by atoms with Gasteiger partial charge in [0.25, 0.3) is 10.8 Å². The van der Waals surface area contributed by atoms with E-state index in [-0.39, 0.29) is 10.8 Å². The van der Waals surface area contributed by atoms with Crippen molar-refractivity contribution in [2.75, 3.05) is 0 Å². The summed E-state index contributed by atoms with van der Waals surface area (Å²) in [6.07, 6.45) is 1.41. The Kier molecular flexibility index (Phi) is 4.04. The van der Waals surface area contributed by atoms with E-state index in [1.165, 1.54) is 21.9 Å². The molecular weight excluding hydrogens is 370 g/mol. The van der Waals surface area contributed by atoms with Gasteiger partial charge in [0, 0.05) is 21.8 Å². The number of rotatable bonds is 4. The average molecular weight is 380 g/mol. The highest BCUT2D eigenvalue weighted by Gasteiger charge is 2.11. The first kappa shape index (κ1) is 14.9. The number of aryl methyl sites for hydroxylation is 1. The van der Waals surface area contributed by atoms with E-state index in [9.17, 15) is 9.59 Å². The van der Waals surface area contributed by atoms with Gasteiger partial charge in [0.15, 0.2) is 6.29 Å². The molecule has 0 bridgehead atoms. The van der Waals surface area contributed by atoms with Gasteiger partial charge in [0.05, 0.1) is 0 Å². The van der Waals surface area contributed by atoms with Crippen molar-refractivity contribution in [2.45, 2.75) is 13.3 Å². The van der Waals surface area contributed by atoms with Crippen LogP contribution >= 0.6 is 27.3 Å². The Morgan fingerprint density at radius 3 is 2.95 bits per heavy atom. The van der Waals surface area contributed by atoms with Crippen LogP contribution in [-0.4, -0.2) is 20.9 Å². The van der Waals surface area contributed by atoms with Gasteiger partial charge < -0.3 is 4.74 Å². The van der Waals surface area contributed by atoms with Crippen LogP contribution < -0.4 is 10.3 Å². The number of hydrogen-bond acceptors (Lipinski definition) is 6. The Morgan fingerprint density at radius 1 is 1.41 bits per heavy atom. The molecule has 0 N–H and O–H groups in total. The SMILES string of the molecule is CCc1cc(=O)n2nc(Oc3ccc(Br)c(C=O)c3)sc2n1. The summed E-state index contributed by atoms with van der Waals surface area (Å²) in [5, 5.41) is 4.39. The van der Waals surface area contributed by atoms with E-state index in [4.69, 9.17) is 4.74 Å². The van der Waals surface area contributed by atoms with Gasteiger partial charge in [0.1, 0.15) is 5.75 Å². The third-order valence-electron chi connectivity index (χ3n) is 2.94. The molecule has 0 aliphatic carbocycles. The molecule has 1 aromatic carbocycles. The quantitative estimate of drug-likeness (QED) is 0.651. The molecule has 0 aliphatic rings. The van der Waals surface area contributed by atoms with Crippen molar-refractivity contribution < 1.29 is 9.53 Å². The van der Waals surface area contributed by atoms with Crippen molar-refractivity contribution in [2.24, 2.45) is 0 Å². The maximum absolute atomic E-state index is 11.9. The van der Waals surface area contributed by atoms with Gasteiger partial charge >= 0.3 is 0 Å². The highest BCUT2D eigenvalue weighted by Crippen LogP contribution is 2.28. The first-order valence-corrected chi connectivity index (χ1v) is 8.04. The van der Waals surface area contributed by atoms with Crippen molar-refractivity contribution in [1.82, 2.24) is 14.6 Å². The lowest BCUT2D eigenvalue weighted by Crippen LogP contribution is -2.14. The minimum absolute atomic E-state index is 0.239. The summed E-state index contributed by atoms with van der Waals surface area (Å²) in [4.78, 5) is 27.7. The fourth-order valence-electron chi connectivity index (χ4n) is 1.84. The number of nitrogens with zero attached hydrogens (tertiary/aromatic N) is 3. The molecule has 0 spiro atoms. The van der Waals surface area contributed by atoms with E-state index in [2.05, 4.69) is 26.0 Å². The Morgan fingerprint density at radius 2 is 2.23 bits per heavy atom. The molecule has 112 valence electrons. The standard InChI is InChI=1S/C14H10BrN3O3S/c1-2-9-6-12(20)18-13(16-9)22-14(17-18)21-10-3-4-11(15)8(5-10)7-19/h3-7H,2H2,1H3. The molecule has 0 aliphatic heterocycles. The van der Waals surface area contributed by atoms with Gasteiger partial charge in [-0.3, -0.25) is 9.59 Å². The Hall–Kier alpha value is -2.06. The van der Waals surface area contributed by atoms with Crippen LogP contribution in [0.4, 0.5) is 0 Å². The van der Waals surface area contributed by atoms with Gasteiger partial charge in [-0.1, -0.05) is 22.9 Å². The van der Waals surface area contributed by atoms with E-state index in [1.807, 2.05) is 6.92 Å². The maximum atomic E-state index is 11.9. The molecule has 22 heavy (non-hydrogen) atoms. The van der Waals surface area contributed by atoms with Crippen LogP contribution in [0.1, 0.15) is 23.0 Å². The molecule has 0 radical (unpaired) electrons. The van der Waals surface area contributed by atoms with Crippen LogP contribution in [0.5, 0.6) is 10.9 Å². The Balaban J connectivity index is 1.99. The predicted octanol–water partition coefficient (Wildman–Crippen LogP) is 3.08. The Labute approximate surface area is 137 Å². The molecule has 0 amide bonds. The van der Waals surface area contributed by atoms with Crippen molar-refractivity contribution >= 4 is 38.5 Å². The summed E-state index contributed by atoms with van der Waals surface area (Å²) in [5.74, 6) is 0.466. The summed E-state index contributed by atoms with van der Waals surface area (Å²) < 4.78 is 7.51. The van der Waals surface area contributed by atoms with Crippen molar-refractivity contribution in [3.05, 3.63) is 50.3 Å². The van der Waals surface area contributed by atoms with Crippen LogP contribution in [0.2, 0.25) is 0 Å². The highest BCUT2D eigenvalue weighted by molar-refractivity contribution is 9.10. The van der Waals surface area contributed by atoms with Crippen molar-refractivity contribution in [1.29, 1.82) is 0 Å². The maximum Gasteiger partial charge on any atom is 0.299 e. The summed E-state index contributed by atoms with van der Waals surface area (Å²) in [7, 11) is 0. The average Bonchev–Trinajstić information content (AvgIpc) is 2.92. The second-order valence-corrected chi connectivity index (χ2v) is 6.18. The highest BCUT2D eigenvalue weighted by atomic mass is 79.9. The molecular formula is C14H10BrN3O3S. The van der Waals surface area contributed by atoms with Crippen LogP contribution in [0, 0.1) is 0 Å². The number of aldehydes is 1. The molecule has 0 saturated heterocycles. The van der Waals surface area contributed by atoms with Gasteiger partial charge in [-0.2, -0.15) is 4.52 Å². The number of hydrogen-bond donors (Lipinski definition) is 0. The van der Waals surface area contributed by atoms with Crippen LogP contribution in [0.15, 0.2) is 33.5 Å². The summed E-state index contributed by atoms with van der Waals surface area (Å²) >= 11 is 4.45. The third kappa shape index (κ3) is 2.79. The monoisotopic (exact) mass is 379 g/mol. The fraction of sp³-hybridized carbons (Fsp3) is 0.143. The number of ether oxygens (including phenoxy) is 1. The smallest absolute Gasteiger partial charge is 0.299 e. The molecule has 2 aromatic heterocycles. The molecule has 3 aromatic rings. The van der Waals surface area contributed by atoms with E-state index in [0.717, 1.165) is 6.29 Å². The third-order valence-corrected chi connectivity index (χ3v) is 4.45. The molecule has 2 heterocycles. The van der Waals surface area contributed by atoms with Gasteiger partial charge in [0.2, 0.25) is 4.96 Å². The molecule has 0 fully saturated rings. The molecule has 3 rings (SSSR count). The van der Waals surface area contributed by atoms with E-state index in [1.54, 1.807) is 18.2 Å². The van der Waals surface area contributed by atoms with Gasteiger partial charge in [-0.25, -0.2) is 4.98 Å². The molecule has 0 saturated carbocycles. The van der Waals surface area contributed by atoms with Crippen LogP contribution in [0.3, 0.4) is 0 Å². The minimum atomic E-state index is -0.239. The number of halogens is 1. The summed E-state index contributed by atoms with van der Waals surface area (Å²) in [6.45, 7) is 1.93. The number of carbonyl (C=O) groups excluding carboxylic acids is 1. The lowest BCUT2D eigenvalue weighted by atomic mass is 10.2.